The maximum atomic E-state index is 13.6. The van der Waals surface area contributed by atoms with Crippen molar-refractivity contribution >= 4 is 12.3 Å². The van der Waals surface area contributed by atoms with Crippen LogP contribution in [0.2, 0.25) is 0 Å². The SMILES string of the molecule is O=Cc1cccc(CC(C(=O)OCc2ccccc2)N(Cc2ccccc2)Cc2ccccc2)c1. The maximum Gasteiger partial charge on any atom is 0.324 e. The molecule has 0 saturated heterocycles. The Hall–Kier alpha value is -4.02. The van der Waals surface area contributed by atoms with E-state index in [1.54, 1.807) is 6.07 Å². The second-order valence-electron chi connectivity index (χ2n) is 8.55. The van der Waals surface area contributed by atoms with E-state index in [-0.39, 0.29) is 12.6 Å². The minimum Gasteiger partial charge on any atom is -0.460 e. The van der Waals surface area contributed by atoms with Crippen LogP contribution in [-0.2, 0) is 35.6 Å². The summed E-state index contributed by atoms with van der Waals surface area (Å²) in [5, 5.41) is 0. The fourth-order valence-electron chi connectivity index (χ4n) is 4.12. The number of aldehydes is 1. The van der Waals surface area contributed by atoms with Crippen molar-refractivity contribution in [3.8, 4) is 0 Å². The fourth-order valence-corrected chi connectivity index (χ4v) is 4.12. The van der Waals surface area contributed by atoms with E-state index in [2.05, 4.69) is 29.2 Å². The number of benzene rings is 4. The van der Waals surface area contributed by atoms with Crippen LogP contribution < -0.4 is 0 Å². The summed E-state index contributed by atoms with van der Waals surface area (Å²) in [6, 6.07) is 36.9. The zero-order valence-corrected chi connectivity index (χ0v) is 19.6. The molecule has 0 saturated carbocycles. The lowest BCUT2D eigenvalue weighted by molar-refractivity contribution is -0.152. The average molecular weight is 464 g/mol. The van der Waals surface area contributed by atoms with Crippen molar-refractivity contribution in [2.75, 3.05) is 0 Å². The average Bonchev–Trinajstić information content (AvgIpc) is 2.92. The highest BCUT2D eigenvalue weighted by Gasteiger charge is 2.28. The quantitative estimate of drug-likeness (QED) is 0.207. The minimum atomic E-state index is -0.527. The normalized spacial score (nSPS) is 11.7. The molecule has 0 N–H and O–H groups in total. The molecular formula is C31H29NO3. The Balaban J connectivity index is 1.64. The predicted molar refractivity (Wildman–Crippen MR) is 138 cm³/mol. The van der Waals surface area contributed by atoms with Crippen LogP contribution in [0.5, 0.6) is 0 Å². The number of esters is 1. The van der Waals surface area contributed by atoms with Crippen molar-refractivity contribution < 1.29 is 14.3 Å². The Labute approximate surface area is 206 Å². The van der Waals surface area contributed by atoms with Crippen molar-refractivity contribution in [2.45, 2.75) is 32.2 Å². The summed E-state index contributed by atoms with van der Waals surface area (Å²) >= 11 is 0. The van der Waals surface area contributed by atoms with Crippen molar-refractivity contribution in [3.63, 3.8) is 0 Å². The van der Waals surface area contributed by atoms with Crippen LogP contribution in [0.3, 0.4) is 0 Å². The Morgan fingerprint density at radius 3 is 1.74 bits per heavy atom. The third-order valence-corrected chi connectivity index (χ3v) is 5.91. The molecule has 0 heterocycles. The standard InChI is InChI=1S/C31H29NO3/c33-23-29-18-10-17-28(19-29)20-30(31(34)35-24-27-15-8-3-9-16-27)32(21-25-11-4-1-5-12-25)22-26-13-6-2-7-14-26/h1-19,23,30H,20-22,24H2. The molecule has 4 nitrogen and oxygen atoms in total. The van der Waals surface area contributed by atoms with Gasteiger partial charge in [-0.05, 0) is 34.7 Å². The van der Waals surface area contributed by atoms with E-state index in [0.29, 0.717) is 25.1 Å². The number of hydrogen-bond donors (Lipinski definition) is 0. The first-order chi connectivity index (χ1) is 17.2. The summed E-state index contributed by atoms with van der Waals surface area (Å²) in [4.78, 5) is 27.1. The zero-order chi connectivity index (χ0) is 24.3. The first-order valence-electron chi connectivity index (χ1n) is 11.8. The Morgan fingerprint density at radius 2 is 1.20 bits per heavy atom. The second kappa shape index (κ2) is 12.4. The molecule has 0 aliphatic heterocycles. The van der Waals surface area contributed by atoms with Crippen molar-refractivity contribution in [2.24, 2.45) is 0 Å². The van der Waals surface area contributed by atoms with Gasteiger partial charge in [0.2, 0.25) is 0 Å². The number of carbonyl (C=O) groups is 2. The summed E-state index contributed by atoms with van der Waals surface area (Å²) < 4.78 is 5.83. The molecule has 0 aliphatic rings. The van der Waals surface area contributed by atoms with Crippen molar-refractivity contribution in [1.29, 1.82) is 0 Å². The van der Waals surface area contributed by atoms with Crippen LogP contribution in [0.15, 0.2) is 115 Å². The Bertz CT molecular complexity index is 1170. The van der Waals surface area contributed by atoms with Crippen LogP contribution in [0.1, 0.15) is 32.6 Å². The Morgan fingerprint density at radius 1 is 0.686 bits per heavy atom. The second-order valence-corrected chi connectivity index (χ2v) is 8.55. The van der Waals surface area contributed by atoms with Gasteiger partial charge in [-0.2, -0.15) is 0 Å². The molecule has 35 heavy (non-hydrogen) atoms. The Kier molecular flexibility index (Phi) is 8.57. The maximum absolute atomic E-state index is 13.6. The molecule has 4 aromatic carbocycles. The molecule has 176 valence electrons. The largest absolute Gasteiger partial charge is 0.460 e. The molecule has 0 spiro atoms. The van der Waals surface area contributed by atoms with E-state index in [0.717, 1.165) is 28.5 Å². The van der Waals surface area contributed by atoms with E-state index >= 15 is 0 Å². The van der Waals surface area contributed by atoms with Gasteiger partial charge < -0.3 is 4.74 Å². The monoisotopic (exact) mass is 463 g/mol. The fraction of sp³-hybridized carbons (Fsp3) is 0.161. The first-order valence-corrected chi connectivity index (χ1v) is 11.8. The zero-order valence-electron chi connectivity index (χ0n) is 19.6. The topological polar surface area (TPSA) is 46.6 Å². The molecule has 1 atom stereocenters. The number of ether oxygens (including phenoxy) is 1. The summed E-state index contributed by atoms with van der Waals surface area (Å²) in [6.07, 6.45) is 1.27. The van der Waals surface area contributed by atoms with Gasteiger partial charge in [0, 0.05) is 18.7 Å². The molecule has 0 aromatic heterocycles. The van der Waals surface area contributed by atoms with E-state index in [1.165, 1.54) is 0 Å². The van der Waals surface area contributed by atoms with Gasteiger partial charge in [0.1, 0.15) is 18.9 Å². The highest BCUT2D eigenvalue weighted by Crippen LogP contribution is 2.19. The van der Waals surface area contributed by atoms with Gasteiger partial charge in [-0.15, -0.1) is 0 Å². The molecule has 0 amide bonds. The van der Waals surface area contributed by atoms with Gasteiger partial charge in [-0.25, -0.2) is 0 Å². The number of hydrogen-bond acceptors (Lipinski definition) is 4. The molecule has 4 aromatic rings. The lowest BCUT2D eigenvalue weighted by atomic mass is 10.0. The molecule has 0 aliphatic carbocycles. The van der Waals surface area contributed by atoms with Crippen LogP contribution in [0.4, 0.5) is 0 Å². The van der Waals surface area contributed by atoms with E-state index in [9.17, 15) is 9.59 Å². The van der Waals surface area contributed by atoms with Crippen LogP contribution in [-0.4, -0.2) is 23.2 Å². The van der Waals surface area contributed by atoms with E-state index in [4.69, 9.17) is 4.74 Å². The minimum absolute atomic E-state index is 0.217. The molecular weight excluding hydrogens is 434 g/mol. The third kappa shape index (κ3) is 7.23. The molecule has 1 unspecified atom stereocenters. The van der Waals surface area contributed by atoms with Crippen molar-refractivity contribution in [3.05, 3.63) is 143 Å². The lowest BCUT2D eigenvalue weighted by Crippen LogP contribution is -2.43. The van der Waals surface area contributed by atoms with Crippen molar-refractivity contribution in [1.82, 2.24) is 4.90 Å². The molecule has 4 heteroatoms. The predicted octanol–water partition coefficient (Wildman–Crippen LogP) is 5.86. The van der Waals surface area contributed by atoms with E-state index in [1.807, 2.05) is 84.9 Å². The van der Waals surface area contributed by atoms with E-state index < -0.39 is 6.04 Å². The molecule has 4 rings (SSSR count). The van der Waals surface area contributed by atoms with Gasteiger partial charge in [0.15, 0.2) is 0 Å². The van der Waals surface area contributed by atoms with Gasteiger partial charge in [-0.3, -0.25) is 14.5 Å². The van der Waals surface area contributed by atoms with Gasteiger partial charge in [0.05, 0.1) is 0 Å². The molecule has 0 radical (unpaired) electrons. The summed E-state index contributed by atoms with van der Waals surface area (Å²) in [5.74, 6) is -0.280. The molecule has 0 fully saturated rings. The smallest absolute Gasteiger partial charge is 0.324 e. The van der Waals surface area contributed by atoms with Crippen LogP contribution >= 0.6 is 0 Å². The van der Waals surface area contributed by atoms with Gasteiger partial charge >= 0.3 is 5.97 Å². The number of nitrogens with zero attached hydrogens (tertiary/aromatic N) is 1. The highest BCUT2D eigenvalue weighted by molar-refractivity contribution is 5.77. The molecule has 0 bridgehead atoms. The van der Waals surface area contributed by atoms with Crippen LogP contribution in [0.25, 0.3) is 0 Å². The number of rotatable bonds is 11. The van der Waals surface area contributed by atoms with Crippen LogP contribution in [0, 0.1) is 0 Å². The third-order valence-electron chi connectivity index (χ3n) is 5.91. The number of carbonyl (C=O) groups excluding carboxylic acids is 2. The van der Waals surface area contributed by atoms with Gasteiger partial charge in [-0.1, -0.05) is 109 Å². The van der Waals surface area contributed by atoms with Gasteiger partial charge in [0.25, 0.3) is 0 Å². The summed E-state index contributed by atoms with van der Waals surface area (Å²) in [5.41, 5.74) is 4.69. The highest BCUT2D eigenvalue weighted by atomic mass is 16.5. The first kappa shape index (κ1) is 24.1. The lowest BCUT2D eigenvalue weighted by Gasteiger charge is -2.31. The summed E-state index contributed by atoms with van der Waals surface area (Å²) in [7, 11) is 0. The summed E-state index contributed by atoms with van der Waals surface area (Å²) in [6.45, 7) is 1.40.